The molecule has 0 bridgehead atoms. The molecule has 1 N–H and O–H groups in total. The minimum absolute atomic E-state index is 0.255. The second kappa shape index (κ2) is 5.69. The van der Waals surface area contributed by atoms with Crippen LogP contribution in [0, 0.1) is 12.7 Å². The van der Waals surface area contributed by atoms with Gasteiger partial charge in [0.1, 0.15) is 29.7 Å². The standard InChI is InChI=1S/C14H16FNO2/c1-10-7-11(15)3-6-14(10)17-9-13-5-4-12(18-13)8-16-2/h3-7,16H,8-9H2,1-2H3. The van der Waals surface area contributed by atoms with Gasteiger partial charge in [0, 0.05) is 0 Å². The second-order valence-electron chi connectivity index (χ2n) is 4.10. The molecule has 0 fully saturated rings. The van der Waals surface area contributed by atoms with Crippen molar-refractivity contribution >= 4 is 0 Å². The fourth-order valence-electron chi connectivity index (χ4n) is 1.69. The number of ether oxygens (including phenoxy) is 1. The minimum Gasteiger partial charge on any atom is -0.485 e. The van der Waals surface area contributed by atoms with E-state index in [-0.39, 0.29) is 5.82 Å². The molecule has 0 unspecified atom stereocenters. The van der Waals surface area contributed by atoms with Crippen molar-refractivity contribution in [2.24, 2.45) is 0 Å². The summed E-state index contributed by atoms with van der Waals surface area (Å²) in [6.45, 7) is 2.85. The minimum atomic E-state index is -0.255. The lowest BCUT2D eigenvalue weighted by Crippen LogP contribution is -2.03. The molecule has 0 amide bonds. The van der Waals surface area contributed by atoms with E-state index in [2.05, 4.69) is 5.32 Å². The van der Waals surface area contributed by atoms with Crippen molar-refractivity contribution in [1.29, 1.82) is 0 Å². The van der Waals surface area contributed by atoms with Crippen LogP contribution in [0.3, 0.4) is 0 Å². The molecule has 0 spiro atoms. The van der Waals surface area contributed by atoms with Crippen LogP contribution in [0.15, 0.2) is 34.7 Å². The van der Waals surface area contributed by atoms with E-state index in [0.29, 0.717) is 18.9 Å². The number of nitrogens with one attached hydrogen (secondary N) is 1. The average Bonchev–Trinajstić information content (AvgIpc) is 2.76. The van der Waals surface area contributed by atoms with Crippen molar-refractivity contribution in [3.63, 3.8) is 0 Å². The van der Waals surface area contributed by atoms with Crippen LogP contribution in [0.25, 0.3) is 0 Å². The lowest BCUT2D eigenvalue weighted by molar-refractivity contribution is 0.263. The zero-order chi connectivity index (χ0) is 13.0. The fourth-order valence-corrected chi connectivity index (χ4v) is 1.69. The van der Waals surface area contributed by atoms with Gasteiger partial charge in [0.25, 0.3) is 0 Å². The fraction of sp³-hybridized carbons (Fsp3) is 0.286. The topological polar surface area (TPSA) is 34.4 Å². The van der Waals surface area contributed by atoms with Gasteiger partial charge in [-0.25, -0.2) is 4.39 Å². The Balaban J connectivity index is 1.97. The average molecular weight is 249 g/mol. The predicted octanol–water partition coefficient (Wildman–Crippen LogP) is 3.03. The van der Waals surface area contributed by atoms with Gasteiger partial charge >= 0.3 is 0 Å². The van der Waals surface area contributed by atoms with Crippen LogP contribution >= 0.6 is 0 Å². The van der Waals surface area contributed by atoms with Crippen molar-refractivity contribution in [3.05, 3.63) is 53.2 Å². The zero-order valence-electron chi connectivity index (χ0n) is 10.5. The van der Waals surface area contributed by atoms with E-state index in [4.69, 9.17) is 9.15 Å². The van der Waals surface area contributed by atoms with Crippen molar-refractivity contribution < 1.29 is 13.5 Å². The molecular weight excluding hydrogens is 233 g/mol. The van der Waals surface area contributed by atoms with Gasteiger partial charge in [0.05, 0.1) is 6.54 Å². The highest BCUT2D eigenvalue weighted by molar-refractivity contribution is 5.32. The van der Waals surface area contributed by atoms with E-state index in [1.807, 2.05) is 26.1 Å². The maximum Gasteiger partial charge on any atom is 0.146 e. The highest BCUT2D eigenvalue weighted by Crippen LogP contribution is 2.20. The van der Waals surface area contributed by atoms with Crippen molar-refractivity contribution in [1.82, 2.24) is 5.32 Å². The number of rotatable bonds is 5. The van der Waals surface area contributed by atoms with E-state index in [0.717, 1.165) is 17.1 Å². The van der Waals surface area contributed by atoms with E-state index in [1.165, 1.54) is 12.1 Å². The number of aryl methyl sites for hydroxylation is 1. The summed E-state index contributed by atoms with van der Waals surface area (Å²) in [5.74, 6) is 2.04. The molecule has 2 aromatic rings. The van der Waals surface area contributed by atoms with Gasteiger partial charge in [-0.1, -0.05) is 0 Å². The van der Waals surface area contributed by atoms with E-state index < -0.39 is 0 Å². The molecule has 0 aliphatic rings. The summed E-state index contributed by atoms with van der Waals surface area (Å²) < 4.78 is 24.1. The molecule has 0 saturated heterocycles. The SMILES string of the molecule is CNCc1ccc(COc2ccc(F)cc2C)o1. The Kier molecular flexibility index (Phi) is 3.99. The van der Waals surface area contributed by atoms with Gasteiger partial charge in [-0.2, -0.15) is 0 Å². The summed E-state index contributed by atoms with van der Waals surface area (Å²) in [5, 5.41) is 3.01. The normalized spacial score (nSPS) is 10.6. The highest BCUT2D eigenvalue weighted by Gasteiger charge is 2.05. The van der Waals surface area contributed by atoms with Crippen LogP contribution in [0.4, 0.5) is 4.39 Å². The van der Waals surface area contributed by atoms with Crippen LogP contribution in [-0.2, 0) is 13.2 Å². The summed E-state index contributed by atoms with van der Waals surface area (Å²) in [6.07, 6.45) is 0. The Bertz CT molecular complexity index is 522. The first kappa shape index (κ1) is 12.6. The van der Waals surface area contributed by atoms with Gasteiger partial charge < -0.3 is 14.5 Å². The molecule has 96 valence electrons. The lowest BCUT2D eigenvalue weighted by atomic mass is 10.2. The van der Waals surface area contributed by atoms with E-state index >= 15 is 0 Å². The molecule has 1 aromatic heterocycles. The third-order valence-corrected chi connectivity index (χ3v) is 2.58. The number of hydrogen-bond acceptors (Lipinski definition) is 3. The van der Waals surface area contributed by atoms with Crippen LogP contribution in [0.2, 0.25) is 0 Å². The molecule has 0 aliphatic carbocycles. The molecule has 3 nitrogen and oxygen atoms in total. The van der Waals surface area contributed by atoms with Gasteiger partial charge in [-0.05, 0) is 49.9 Å². The zero-order valence-corrected chi connectivity index (χ0v) is 10.5. The lowest BCUT2D eigenvalue weighted by Gasteiger charge is -2.07. The third-order valence-electron chi connectivity index (χ3n) is 2.58. The molecule has 0 aliphatic heterocycles. The van der Waals surface area contributed by atoms with Crippen molar-refractivity contribution in [2.75, 3.05) is 7.05 Å². The molecule has 0 radical (unpaired) electrons. The summed E-state index contributed by atoms with van der Waals surface area (Å²) >= 11 is 0. The maximum absolute atomic E-state index is 12.9. The maximum atomic E-state index is 12.9. The van der Waals surface area contributed by atoms with Gasteiger partial charge in [-0.15, -0.1) is 0 Å². The first-order valence-corrected chi connectivity index (χ1v) is 5.80. The van der Waals surface area contributed by atoms with Crippen LogP contribution in [0.5, 0.6) is 5.75 Å². The number of hydrogen-bond donors (Lipinski definition) is 1. The third kappa shape index (κ3) is 3.11. The largest absolute Gasteiger partial charge is 0.485 e. The van der Waals surface area contributed by atoms with Gasteiger partial charge in [0.2, 0.25) is 0 Å². The van der Waals surface area contributed by atoms with Crippen LogP contribution < -0.4 is 10.1 Å². The molecule has 0 saturated carbocycles. The Morgan fingerprint density at radius 1 is 1.22 bits per heavy atom. The quantitative estimate of drug-likeness (QED) is 0.884. The highest BCUT2D eigenvalue weighted by atomic mass is 19.1. The molecular formula is C14H16FNO2. The summed E-state index contributed by atoms with van der Waals surface area (Å²) in [6, 6.07) is 8.25. The summed E-state index contributed by atoms with van der Waals surface area (Å²) in [4.78, 5) is 0. The summed E-state index contributed by atoms with van der Waals surface area (Å²) in [5.41, 5.74) is 0.775. The van der Waals surface area contributed by atoms with Crippen LogP contribution in [-0.4, -0.2) is 7.05 Å². The molecule has 1 aromatic carbocycles. The monoisotopic (exact) mass is 249 g/mol. The van der Waals surface area contributed by atoms with Crippen LogP contribution in [0.1, 0.15) is 17.1 Å². The van der Waals surface area contributed by atoms with E-state index in [1.54, 1.807) is 6.07 Å². The Hall–Kier alpha value is -1.81. The van der Waals surface area contributed by atoms with E-state index in [9.17, 15) is 4.39 Å². The molecule has 1 heterocycles. The molecule has 4 heteroatoms. The number of halogens is 1. The molecule has 0 atom stereocenters. The Morgan fingerprint density at radius 3 is 2.72 bits per heavy atom. The first-order valence-electron chi connectivity index (χ1n) is 5.80. The molecule has 18 heavy (non-hydrogen) atoms. The second-order valence-corrected chi connectivity index (χ2v) is 4.10. The van der Waals surface area contributed by atoms with Crippen molar-refractivity contribution in [3.8, 4) is 5.75 Å². The smallest absolute Gasteiger partial charge is 0.146 e. The Morgan fingerprint density at radius 2 is 2.00 bits per heavy atom. The molecule has 2 rings (SSSR count). The van der Waals surface area contributed by atoms with Gasteiger partial charge in [-0.3, -0.25) is 0 Å². The summed E-state index contributed by atoms with van der Waals surface area (Å²) in [7, 11) is 1.86. The van der Waals surface area contributed by atoms with Crippen molar-refractivity contribution in [2.45, 2.75) is 20.1 Å². The predicted molar refractivity (Wildman–Crippen MR) is 66.9 cm³/mol. The van der Waals surface area contributed by atoms with Gasteiger partial charge in [0.15, 0.2) is 0 Å². The Labute approximate surface area is 106 Å². The number of benzene rings is 1. The number of furan rings is 1. The first-order chi connectivity index (χ1) is 8.69.